The zero-order chi connectivity index (χ0) is 20.3. The Morgan fingerprint density at radius 3 is 2.61 bits per heavy atom. The summed E-state index contributed by atoms with van der Waals surface area (Å²) in [6, 6.07) is 11.9. The average molecular weight is 486 g/mol. The van der Waals surface area contributed by atoms with E-state index >= 15 is 0 Å². The highest BCUT2D eigenvalue weighted by atomic mass is 79.9. The van der Waals surface area contributed by atoms with Crippen LogP contribution in [-0.4, -0.2) is 30.9 Å². The Morgan fingerprint density at radius 2 is 1.89 bits per heavy atom. The predicted octanol–water partition coefficient (Wildman–Crippen LogP) is 4.29. The highest BCUT2D eigenvalue weighted by Crippen LogP contribution is 2.35. The second kappa shape index (κ2) is 8.94. The highest BCUT2D eigenvalue weighted by Gasteiger charge is 2.37. The van der Waals surface area contributed by atoms with E-state index in [0.717, 1.165) is 4.47 Å². The summed E-state index contributed by atoms with van der Waals surface area (Å²) in [4.78, 5) is 37.9. The van der Waals surface area contributed by atoms with Crippen LogP contribution in [0.3, 0.4) is 0 Å². The third-order valence-electron chi connectivity index (χ3n) is 4.15. The van der Waals surface area contributed by atoms with Gasteiger partial charge in [0.1, 0.15) is 0 Å². The van der Waals surface area contributed by atoms with E-state index in [2.05, 4.69) is 21.2 Å². The van der Waals surface area contributed by atoms with Crippen molar-refractivity contribution in [2.24, 2.45) is 5.92 Å². The van der Waals surface area contributed by atoms with Crippen molar-refractivity contribution in [1.29, 1.82) is 0 Å². The van der Waals surface area contributed by atoms with E-state index in [1.54, 1.807) is 42.5 Å². The van der Waals surface area contributed by atoms with Crippen LogP contribution in [-0.2, 0) is 19.1 Å². The molecule has 0 spiro atoms. The van der Waals surface area contributed by atoms with Gasteiger partial charge in [0.05, 0.1) is 21.7 Å². The normalized spacial score (nSPS) is 16.2. The Kier molecular flexibility index (Phi) is 6.59. The summed E-state index contributed by atoms with van der Waals surface area (Å²) in [7, 11) is 0. The van der Waals surface area contributed by atoms with Crippen LogP contribution in [0.4, 0.5) is 11.4 Å². The summed E-state index contributed by atoms with van der Waals surface area (Å²) in [5.74, 6) is -2.01. The minimum Gasteiger partial charge on any atom is -0.455 e. The summed E-state index contributed by atoms with van der Waals surface area (Å²) < 4.78 is 5.95. The second-order valence-corrected chi connectivity index (χ2v) is 7.84. The van der Waals surface area contributed by atoms with Crippen LogP contribution in [0.5, 0.6) is 0 Å². The lowest BCUT2D eigenvalue weighted by atomic mass is 10.1. The predicted molar refractivity (Wildman–Crippen MR) is 111 cm³/mol. The summed E-state index contributed by atoms with van der Waals surface area (Å²) >= 11 is 15.5. The Bertz CT molecular complexity index is 921. The Balaban J connectivity index is 1.55. The van der Waals surface area contributed by atoms with E-state index in [4.69, 9.17) is 27.9 Å². The second-order valence-electron chi connectivity index (χ2n) is 6.14. The average Bonchev–Trinajstić information content (AvgIpc) is 3.05. The molecule has 0 aromatic heterocycles. The monoisotopic (exact) mass is 484 g/mol. The largest absolute Gasteiger partial charge is 0.455 e. The number of benzene rings is 2. The van der Waals surface area contributed by atoms with Crippen LogP contribution in [0.2, 0.25) is 10.0 Å². The van der Waals surface area contributed by atoms with Crippen LogP contribution < -0.4 is 10.2 Å². The quantitative estimate of drug-likeness (QED) is 0.641. The van der Waals surface area contributed by atoms with E-state index in [0.29, 0.717) is 16.4 Å². The van der Waals surface area contributed by atoms with Crippen molar-refractivity contribution in [3.05, 3.63) is 57.0 Å². The first-order chi connectivity index (χ1) is 13.3. The van der Waals surface area contributed by atoms with Gasteiger partial charge in [0.15, 0.2) is 6.61 Å². The zero-order valence-electron chi connectivity index (χ0n) is 14.5. The van der Waals surface area contributed by atoms with Crippen molar-refractivity contribution in [2.75, 3.05) is 23.4 Å². The number of hydrogen-bond donors (Lipinski definition) is 1. The Hall–Kier alpha value is -2.09. The molecule has 28 heavy (non-hydrogen) atoms. The fraction of sp³-hybridized carbons (Fsp3) is 0.211. The van der Waals surface area contributed by atoms with Gasteiger partial charge in [-0.2, -0.15) is 0 Å². The molecule has 1 heterocycles. The van der Waals surface area contributed by atoms with Crippen LogP contribution in [0.15, 0.2) is 46.9 Å². The Morgan fingerprint density at radius 1 is 1.18 bits per heavy atom. The number of nitrogens with zero attached hydrogens (tertiary/aromatic N) is 1. The minimum absolute atomic E-state index is 0.0179. The molecule has 6 nitrogen and oxygen atoms in total. The summed E-state index contributed by atoms with van der Waals surface area (Å²) in [6.07, 6.45) is -0.0179. The van der Waals surface area contributed by atoms with Crippen LogP contribution in [0, 0.1) is 5.92 Å². The lowest BCUT2D eigenvalue weighted by Crippen LogP contribution is -2.28. The topological polar surface area (TPSA) is 75.7 Å². The highest BCUT2D eigenvalue weighted by molar-refractivity contribution is 9.10. The van der Waals surface area contributed by atoms with Gasteiger partial charge in [0.25, 0.3) is 5.91 Å². The molecule has 9 heteroatoms. The van der Waals surface area contributed by atoms with E-state index in [9.17, 15) is 14.4 Å². The number of amides is 2. The van der Waals surface area contributed by atoms with Crippen molar-refractivity contribution in [3.8, 4) is 0 Å². The third kappa shape index (κ3) is 4.84. The van der Waals surface area contributed by atoms with Gasteiger partial charge in [-0.15, -0.1) is 0 Å². The minimum atomic E-state index is -0.678. The van der Waals surface area contributed by atoms with Gasteiger partial charge < -0.3 is 15.0 Å². The summed E-state index contributed by atoms with van der Waals surface area (Å²) in [5.41, 5.74) is 1.03. The molecule has 0 unspecified atom stereocenters. The van der Waals surface area contributed by atoms with Gasteiger partial charge in [-0.1, -0.05) is 45.2 Å². The number of hydrogen-bond acceptors (Lipinski definition) is 4. The van der Waals surface area contributed by atoms with E-state index < -0.39 is 24.4 Å². The van der Waals surface area contributed by atoms with Gasteiger partial charge >= 0.3 is 5.97 Å². The van der Waals surface area contributed by atoms with Crippen molar-refractivity contribution < 1.29 is 19.1 Å². The lowest BCUT2D eigenvalue weighted by Gasteiger charge is -2.18. The number of anilines is 2. The maximum Gasteiger partial charge on any atom is 0.311 e. The van der Waals surface area contributed by atoms with Gasteiger partial charge in [0.2, 0.25) is 5.91 Å². The number of esters is 1. The van der Waals surface area contributed by atoms with Gasteiger partial charge in [-0.25, -0.2) is 0 Å². The zero-order valence-corrected chi connectivity index (χ0v) is 17.6. The molecule has 2 aromatic carbocycles. The van der Waals surface area contributed by atoms with E-state index in [1.165, 1.54) is 4.90 Å². The van der Waals surface area contributed by atoms with Crippen molar-refractivity contribution in [2.45, 2.75) is 6.42 Å². The molecule has 1 fully saturated rings. The van der Waals surface area contributed by atoms with Gasteiger partial charge in [-0.3, -0.25) is 14.4 Å². The first-order valence-electron chi connectivity index (χ1n) is 8.31. The fourth-order valence-electron chi connectivity index (χ4n) is 2.78. The lowest BCUT2D eigenvalue weighted by molar-refractivity contribution is -0.151. The number of nitrogens with one attached hydrogen (secondary N) is 1. The summed E-state index contributed by atoms with van der Waals surface area (Å²) in [5, 5.41) is 3.20. The maximum atomic E-state index is 12.3. The standard InChI is InChI=1S/C19H15BrCl2N2O4/c20-12-4-6-13(7-5-12)23-16(25)10-28-19(27)11-8-17(26)24(9-11)15-3-1-2-14(21)18(15)22/h1-7,11H,8-10H2,(H,23,25)/t11-/m1/s1. The van der Waals surface area contributed by atoms with Gasteiger partial charge in [-0.05, 0) is 36.4 Å². The number of rotatable bonds is 5. The molecule has 1 atom stereocenters. The smallest absolute Gasteiger partial charge is 0.311 e. The molecule has 0 radical (unpaired) electrons. The Labute approximate surface area is 179 Å². The van der Waals surface area contributed by atoms with E-state index in [1.807, 2.05) is 0 Å². The van der Waals surface area contributed by atoms with Crippen molar-refractivity contribution in [3.63, 3.8) is 0 Å². The molecule has 0 aliphatic carbocycles. The van der Waals surface area contributed by atoms with E-state index in [-0.39, 0.29) is 23.9 Å². The maximum absolute atomic E-state index is 12.3. The van der Waals surface area contributed by atoms with Crippen molar-refractivity contribution in [1.82, 2.24) is 0 Å². The molecule has 1 saturated heterocycles. The number of ether oxygens (including phenoxy) is 1. The third-order valence-corrected chi connectivity index (χ3v) is 5.49. The fourth-order valence-corrected chi connectivity index (χ4v) is 3.45. The molecular formula is C19H15BrCl2N2O4. The molecule has 146 valence electrons. The molecular weight excluding hydrogens is 471 g/mol. The molecule has 3 rings (SSSR count). The summed E-state index contributed by atoms with van der Waals surface area (Å²) in [6.45, 7) is -0.316. The molecule has 0 saturated carbocycles. The molecule has 0 bridgehead atoms. The van der Waals surface area contributed by atoms with Crippen LogP contribution in [0.1, 0.15) is 6.42 Å². The first kappa shape index (κ1) is 20.6. The van der Waals surface area contributed by atoms with Gasteiger partial charge in [0, 0.05) is 23.1 Å². The molecule has 1 aliphatic heterocycles. The SMILES string of the molecule is O=C(COC(=O)[C@@H]1CC(=O)N(c2cccc(Cl)c2Cl)C1)Nc1ccc(Br)cc1. The number of halogens is 3. The van der Waals surface area contributed by atoms with Crippen LogP contribution in [0.25, 0.3) is 0 Å². The first-order valence-corrected chi connectivity index (χ1v) is 9.86. The van der Waals surface area contributed by atoms with Crippen molar-refractivity contribution >= 4 is 68.3 Å². The molecule has 2 amide bonds. The molecule has 1 N–H and O–H groups in total. The number of carbonyl (C=O) groups excluding carboxylic acids is 3. The van der Waals surface area contributed by atoms with Crippen LogP contribution >= 0.6 is 39.1 Å². The number of carbonyl (C=O) groups is 3. The molecule has 1 aliphatic rings. The molecule has 2 aromatic rings.